The van der Waals surface area contributed by atoms with Gasteiger partial charge in [-0.1, -0.05) is 6.92 Å². The summed E-state index contributed by atoms with van der Waals surface area (Å²) in [6.45, 7) is 4.75. The van der Waals surface area contributed by atoms with Crippen molar-refractivity contribution in [3.05, 3.63) is 24.0 Å². The third-order valence-electron chi connectivity index (χ3n) is 3.57. The molecule has 0 saturated carbocycles. The molecule has 0 bridgehead atoms. The van der Waals surface area contributed by atoms with Gasteiger partial charge in [0.25, 0.3) is 0 Å². The second kappa shape index (κ2) is 6.73. The van der Waals surface area contributed by atoms with Gasteiger partial charge < -0.3 is 19.9 Å². The average Bonchev–Trinajstić information content (AvgIpc) is 3.02. The summed E-state index contributed by atoms with van der Waals surface area (Å²) in [6, 6.07) is 4.14. The number of hydrogen-bond acceptors (Lipinski definition) is 3. The summed E-state index contributed by atoms with van der Waals surface area (Å²) in [6.07, 6.45) is 3.04. The Bertz CT molecular complexity index is 417. The molecule has 2 heterocycles. The number of aryl methyl sites for hydroxylation is 1. The van der Waals surface area contributed by atoms with Crippen LogP contribution in [0.2, 0.25) is 0 Å². The van der Waals surface area contributed by atoms with Gasteiger partial charge in [0.15, 0.2) is 0 Å². The monoisotopic (exact) mass is 265 g/mol. The van der Waals surface area contributed by atoms with Crippen molar-refractivity contribution in [1.82, 2.24) is 15.2 Å². The summed E-state index contributed by atoms with van der Waals surface area (Å²) >= 11 is 0. The molecule has 1 aliphatic rings. The minimum absolute atomic E-state index is 0.0762. The topological polar surface area (TPSA) is 55.3 Å². The molecule has 0 radical (unpaired) electrons. The van der Waals surface area contributed by atoms with Crippen molar-refractivity contribution >= 4 is 5.91 Å². The molecule has 106 valence electrons. The van der Waals surface area contributed by atoms with Gasteiger partial charge in [0, 0.05) is 25.0 Å². The van der Waals surface area contributed by atoms with Crippen LogP contribution in [0.5, 0.6) is 0 Å². The first-order valence-electron chi connectivity index (χ1n) is 6.91. The normalized spacial score (nSPS) is 22.6. The molecule has 1 aromatic rings. The van der Waals surface area contributed by atoms with E-state index in [2.05, 4.69) is 17.6 Å². The summed E-state index contributed by atoms with van der Waals surface area (Å²) in [4.78, 5) is 12.2. The lowest BCUT2D eigenvalue weighted by atomic mass is 10.0. The number of amides is 1. The lowest BCUT2D eigenvalue weighted by Gasteiger charge is -2.18. The van der Waals surface area contributed by atoms with Crippen LogP contribution in [0, 0.1) is 5.92 Å². The molecule has 5 heteroatoms. The summed E-state index contributed by atoms with van der Waals surface area (Å²) in [5.74, 6) is -0.000813. The second-order valence-electron chi connectivity index (χ2n) is 5.03. The third-order valence-corrected chi connectivity index (χ3v) is 3.57. The first-order valence-corrected chi connectivity index (χ1v) is 6.91. The largest absolute Gasteiger partial charge is 0.379 e. The predicted octanol–water partition coefficient (Wildman–Crippen LogP) is 0.656. The van der Waals surface area contributed by atoms with E-state index in [9.17, 15) is 4.79 Å². The number of aromatic nitrogens is 1. The first kappa shape index (κ1) is 14.1. The van der Waals surface area contributed by atoms with Crippen LogP contribution in [-0.4, -0.2) is 36.3 Å². The molecule has 2 atom stereocenters. The fraction of sp³-hybridized carbons (Fsp3) is 0.643. The van der Waals surface area contributed by atoms with Gasteiger partial charge in [0.2, 0.25) is 5.91 Å². The van der Waals surface area contributed by atoms with Crippen LogP contribution in [0.4, 0.5) is 0 Å². The van der Waals surface area contributed by atoms with Crippen LogP contribution in [0.15, 0.2) is 18.3 Å². The Morgan fingerprint density at radius 2 is 2.37 bits per heavy atom. The second-order valence-corrected chi connectivity index (χ2v) is 5.03. The molecule has 2 rings (SSSR count). The number of ether oxygens (including phenoxy) is 1. The first-order chi connectivity index (χ1) is 9.22. The predicted molar refractivity (Wildman–Crippen MR) is 73.7 cm³/mol. The smallest absolute Gasteiger partial charge is 0.227 e. The summed E-state index contributed by atoms with van der Waals surface area (Å²) in [7, 11) is 1.98. The fourth-order valence-corrected chi connectivity index (χ4v) is 2.33. The molecule has 0 aromatic carbocycles. The quantitative estimate of drug-likeness (QED) is 0.794. The molecule has 1 saturated heterocycles. The molecule has 19 heavy (non-hydrogen) atoms. The maximum Gasteiger partial charge on any atom is 0.227 e. The molecule has 1 fully saturated rings. The van der Waals surface area contributed by atoms with E-state index < -0.39 is 0 Å². The van der Waals surface area contributed by atoms with Gasteiger partial charge in [-0.15, -0.1) is 0 Å². The fourth-order valence-electron chi connectivity index (χ4n) is 2.33. The molecule has 2 N–H and O–H groups in total. The summed E-state index contributed by atoms with van der Waals surface area (Å²) in [5.41, 5.74) is 1.10. The molecular formula is C14H23N3O2. The highest BCUT2D eigenvalue weighted by Crippen LogP contribution is 2.14. The van der Waals surface area contributed by atoms with E-state index in [1.807, 2.05) is 29.9 Å². The zero-order valence-electron chi connectivity index (χ0n) is 11.7. The van der Waals surface area contributed by atoms with Gasteiger partial charge in [-0.3, -0.25) is 4.79 Å². The van der Waals surface area contributed by atoms with E-state index in [0.717, 1.165) is 18.7 Å². The minimum atomic E-state index is -0.0770. The Labute approximate surface area is 114 Å². The highest BCUT2D eigenvalue weighted by molar-refractivity contribution is 5.79. The van der Waals surface area contributed by atoms with Crippen molar-refractivity contribution in [2.75, 3.05) is 19.8 Å². The number of hydrogen-bond donors (Lipinski definition) is 2. The van der Waals surface area contributed by atoms with Crippen LogP contribution in [-0.2, 0) is 23.1 Å². The van der Waals surface area contributed by atoms with E-state index >= 15 is 0 Å². The molecule has 1 amide bonds. The Kier molecular flexibility index (Phi) is 4.99. The zero-order valence-corrected chi connectivity index (χ0v) is 11.7. The van der Waals surface area contributed by atoms with Gasteiger partial charge in [0.05, 0.1) is 25.7 Å². The van der Waals surface area contributed by atoms with Gasteiger partial charge >= 0.3 is 0 Å². The number of rotatable bonds is 6. The molecule has 0 spiro atoms. The Hall–Kier alpha value is -1.33. The number of nitrogens with zero attached hydrogens (tertiary/aromatic N) is 1. The van der Waals surface area contributed by atoms with Crippen LogP contribution in [0.25, 0.3) is 0 Å². The van der Waals surface area contributed by atoms with E-state index in [1.54, 1.807) is 0 Å². The lowest BCUT2D eigenvalue weighted by Crippen LogP contribution is -2.44. The van der Waals surface area contributed by atoms with Gasteiger partial charge in [0.1, 0.15) is 0 Å². The SMILES string of the molecule is CCCNC1COCC1C(=O)NCc1cccn1C. The average molecular weight is 265 g/mol. The lowest BCUT2D eigenvalue weighted by molar-refractivity contribution is -0.125. The molecule has 5 nitrogen and oxygen atoms in total. The van der Waals surface area contributed by atoms with Crippen molar-refractivity contribution in [2.45, 2.75) is 25.9 Å². The highest BCUT2D eigenvalue weighted by atomic mass is 16.5. The standard InChI is InChI=1S/C14H23N3O2/c1-3-6-15-13-10-19-9-12(13)14(18)16-8-11-5-4-7-17(11)2/h4-5,7,12-13,15H,3,6,8-10H2,1-2H3,(H,16,18). The Morgan fingerprint density at radius 1 is 1.53 bits per heavy atom. The van der Waals surface area contributed by atoms with Crippen molar-refractivity contribution in [1.29, 1.82) is 0 Å². The maximum atomic E-state index is 12.2. The van der Waals surface area contributed by atoms with Crippen molar-refractivity contribution in [3.63, 3.8) is 0 Å². The van der Waals surface area contributed by atoms with Gasteiger partial charge in [-0.05, 0) is 25.1 Å². The summed E-state index contributed by atoms with van der Waals surface area (Å²) < 4.78 is 7.43. The summed E-state index contributed by atoms with van der Waals surface area (Å²) in [5, 5.41) is 6.37. The van der Waals surface area contributed by atoms with Crippen LogP contribution < -0.4 is 10.6 Å². The molecule has 0 aliphatic carbocycles. The minimum Gasteiger partial charge on any atom is -0.379 e. The Morgan fingerprint density at radius 3 is 3.05 bits per heavy atom. The van der Waals surface area contributed by atoms with E-state index in [0.29, 0.717) is 19.8 Å². The van der Waals surface area contributed by atoms with Gasteiger partial charge in [-0.2, -0.15) is 0 Å². The number of carbonyl (C=O) groups is 1. The van der Waals surface area contributed by atoms with E-state index in [-0.39, 0.29) is 17.9 Å². The van der Waals surface area contributed by atoms with Crippen LogP contribution in [0.3, 0.4) is 0 Å². The van der Waals surface area contributed by atoms with Crippen LogP contribution in [0.1, 0.15) is 19.0 Å². The third kappa shape index (κ3) is 3.58. The van der Waals surface area contributed by atoms with E-state index in [1.165, 1.54) is 0 Å². The van der Waals surface area contributed by atoms with Crippen molar-refractivity contribution < 1.29 is 9.53 Å². The number of carbonyl (C=O) groups excluding carboxylic acids is 1. The van der Waals surface area contributed by atoms with Gasteiger partial charge in [-0.25, -0.2) is 0 Å². The van der Waals surface area contributed by atoms with Crippen molar-refractivity contribution in [3.8, 4) is 0 Å². The maximum absolute atomic E-state index is 12.2. The van der Waals surface area contributed by atoms with Crippen LogP contribution >= 0.6 is 0 Å². The molecule has 1 aromatic heterocycles. The molecular weight excluding hydrogens is 242 g/mol. The highest BCUT2D eigenvalue weighted by Gasteiger charge is 2.33. The van der Waals surface area contributed by atoms with E-state index in [4.69, 9.17) is 4.74 Å². The Balaban J connectivity index is 1.83. The molecule has 1 aliphatic heterocycles. The van der Waals surface area contributed by atoms with Crippen molar-refractivity contribution in [2.24, 2.45) is 13.0 Å². The number of nitrogens with one attached hydrogen (secondary N) is 2. The molecule has 2 unspecified atom stereocenters. The zero-order chi connectivity index (χ0) is 13.7.